The summed E-state index contributed by atoms with van der Waals surface area (Å²) in [6.45, 7) is 10.1. The van der Waals surface area contributed by atoms with Crippen molar-refractivity contribution in [2.45, 2.75) is 51.2 Å². The number of rotatable bonds is 4. The maximum absolute atomic E-state index is 13.7. The molecule has 0 bridgehead atoms. The molecule has 1 fully saturated rings. The van der Waals surface area contributed by atoms with E-state index in [-0.39, 0.29) is 29.0 Å². The van der Waals surface area contributed by atoms with Gasteiger partial charge in [0.15, 0.2) is 0 Å². The number of amides is 2. The summed E-state index contributed by atoms with van der Waals surface area (Å²) in [6, 6.07) is 10.2. The lowest BCUT2D eigenvalue weighted by Crippen LogP contribution is -2.43. The van der Waals surface area contributed by atoms with Crippen molar-refractivity contribution in [3.05, 3.63) is 63.5 Å². The number of aromatic nitrogens is 2. The Bertz CT molecular complexity index is 1240. The number of nitrogens with zero attached hydrogens (tertiary/aromatic N) is 4. The highest BCUT2D eigenvalue weighted by Crippen LogP contribution is 2.49. The molecule has 2 aliphatic heterocycles. The fraction of sp³-hybridized carbons (Fsp3) is 0.444. The zero-order valence-electron chi connectivity index (χ0n) is 20.8. The number of thiophene rings is 1. The summed E-state index contributed by atoms with van der Waals surface area (Å²) >= 11 is 3.30. The molecule has 35 heavy (non-hydrogen) atoms. The molecular formula is C27H32N4O2S2. The highest BCUT2D eigenvalue weighted by Gasteiger charge is 2.40. The topological polar surface area (TPSA) is 58.4 Å². The molecule has 0 saturated carbocycles. The summed E-state index contributed by atoms with van der Waals surface area (Å²) in [4.78, 5) is 30.6. The second-order valence-corrected chi connectivity index (χ2v) is 12.2. The van der Waals surface area contributed by atoms with Crippen molar-refractivity contribution in [1.29, 1.82) is 0 Å². The van der Waals surface area contributed by atoms with E-state index < -0.39 is 0 Å². The van der Waals surface area contributed by atoms with Crippen molar-refractivity contribution in [2.75, 3.05) is 30.3 Å². The van der Waals surface area contributed by atoms with Crippen molar-refractivity contribution in [3.63, 3.8) is 0 Å². The lowest BCUT2D eigenvalue weighted by atomic mass is 9.87. The minimum Gasteiger partial charge on any atom is -0.341 e. The van der Waals surface area contributed by atoms with Crippen LogP contribution in [-0.4, -0.2) is 51.9 Å². The molecule has 0 radical (unpaired) electrons. The van der Waals surface area contributed by atoms with Gasteiger partial charge in [0.1, 0.15) is 12.4 Å². The average Bonchev–Trinajstić information content (AvgIpc) is 3.57. The van der Waals surface area contributed by atoms with Gasteiger partial charge in [-0.25, -0.2) is 4.68 Å². The molecule has 184 valence electrons. The second-order valence-electron chi connectivity index (χ2n) is 10.3. The van der Waals surface area contributed by atoms with Crippen LogP contribution < -0.4 is 4.90 Å². The molecule has 2 aliphatic rings. The molecule has 6 nitrogen and oxygen atoms in total. The maximum atomic E-state index is 13.7. The number of carbonyl (C=O) groups excluding carboxylic acids is 2. The van der Waals surface area contributed by atoms with Gasteiger partial charge >= 0.3 is 0 Å². The number of hydrogen-bond acceptors (Lipinski definition) is 5. The van der Waals surface area contributed by atoms with Crippen LogP contribution in [-0.2, 0) is 15.0 Å². The van der Waals surface area contributed by atoms with E-state index in [0.717, 1.165) is 54.3 Å². The highest BCUT2D eigenvalue weighted by molar-refractivity contribution is 8.00. The Morgan fingerprint density at radius 2 is 1.89 bits per heavy atom. The molecule has 2 amide bonds. The number of aryl methyl sites for hydroxylation is 1. The number of carbonyl (C=O) groups is 2. The standard InChI is InChI=1S/C27H32N4O2S2/c1-18-9-5-6-10-20(18)31-26-23(25(28-31)27(2,3)4)24(19-11-14-34-16-19)35-17-22(33)30(26)15-21(32)29-12-7-8-13-29/h5-6,9-11,14,16,24H,7-8,12-13,15,17H2,1-4H3/t24-/m1/s1. The Balaban J connectivity index is 1.75. The molecule has 5 rings (SSSR count). The number of likely N-dealkylation sites (tertiary alicyclic amines) is 1. The maximum Gasteiger partial charge on any atom is 0.242 e. The van der Waals surface area contributed by atoms with Gasteiger partial charge < -0.3 is 4.90 Å². The number of para-hydroxylation sites is 1. The first-order valence-corrected chi connectivity index (χ1v) is 14.2. The summed E-state index contributed by atoms with van der Waals surface area (Å²) in [6.07, 6.45) is 2.05. The van der Waals surface area contributed by atoms with Gasteiger partial charge in [-0.3, -0.25) is 14.5 Å². The van der Waals surface area contributed by atoms with E-state index in [1.165, 1.54) is 5.56 Å². The summed E-state index contributed by atoms with van der Waals surface area (Å²) in [5.74, 6) is 1.02. The van der Waals surface area contributed by atoms with E-state index in [0.29, 0.717) is 5.75 Å². The van der Waals surface area contributed by atoms with Gasteiger partial charge in [0.2, 0.25) is 11.8 Å². The van der Waals surface area contributed by atoms with E-state index in [4.69, 9.17) is 5.10 Å². The quantitative estimate of drug-likeness (QED) is 0.478. The van der Waals surface area contributed by atoms with Gasteiger partial charge in [-0.15, -0.1) is 11.8 Å². The largest absolute Gasteiger partial charge is 0.341 e. The predicted molar refractivity (Wildman–Crippen MR) is 144 cm³/mol. The van der Waals surface area contributed by atoms with Crippen LogP contribution in [0, 0.1) is 6.92 Å². The Hall–Kier alpha value is -2.58. The summed E-state index contributed by atoms with van der Waals surface area (Å²) < 4.78 is 1.92. The fourth-order valence-corrected chi connectivity index (χ4v) is 6.89. The molecule has 1 aromatic carbocycles. The zero-order valence-corrected chi connectivity index (χ0v) is 22.4. The number of thioether (sulfide) groups is 1. The van der Waals surface area contributed by atoms with Crippen LogP contribution in [0.2, 0.25) is 0 Å². The van der Waals surface area contributed by atoms with Crippen molar-refractivity contribution >= 4 is 40.7 Å². The molecule has 0 spiro atoms. The number of fused-ring (bicyclic) bond motifs is 1. The summed E-state index contributed by atoms with van der Waals surface area (Å²) in [7, 11) is 0. The van der Waals surface area contributed by atoms with Crippen molar-refractivity contribution in [3.8, 4) is 5.69 Å². The van der Waals surface area contributed by atoms with E-state index in [2.05, 4.69) is 50.6 Å². The predicted octanol–water partition coefficient (Wildman–Crippen LogP) is 5.33. The molecule has 3 aromatic rings. The van der Waals surface area contributed by atoms with E-state index in [1.54, 1.807) is 28.0 Å². The van der Waals surface area contributed by atoms with E-state index >= 15 is 0 Å². The van der Waals surface area contributed by atoms with Crippen LogP contribution in [0.15, 0.2) is 41.1 Å². The number of benzene rings is 1. The Morgan fingerprint density at radius 1 is 1.14 bits per heavy atom. The molecule has 1 saturated heterocycles. The molecule has 0 N–H and O–H groups in total. The molecule has 4 heterocycles. The third-order valence-corrected chi connectivity index (χ3v) is 8.70. The third-order valence-electron chi connectivity index (χ3n) is 6.74. The second kappa shape index (κ2) is 9.47. The van der Waals surface area contributed by atoms with Crippen LogP contribution in [0.25, 0.3) is 5.69 Å². The lowest BCUT2D eigenvalue weighted by molar-refractivity contribution is -0.130. The summed E-state index contributed by atoms with van der Waals surface area (Å²) in [5.41, 5.74) is 4.95. The molecule has 0 unspecified atom stereocenters. The molecule has 2 aromatic heterocycles. The van der Waals surface area contributed by atoms with E-state index in [1.807, 2.05) is 27.8 Å². The Kier molecular flexibility index (Phi) is 6.53. The first-order valence-electron chi connectivity index (χ1n) is 12.2. The van der Waals surface area contributed by atoms with Crippen molar-refractivity contribution in [2.24, 2.45) is 0 Å². The van der Waals surface area contributed by atoms with Crippen LogP contribution in [0.1, 0.15) is 61.2 Å². The van der Waals surface area contributed by atoms with Crippen molar-refractivity contribution < 1.29 is 9.59 Å². The van der Waals surface area contributed by atoms with Crippen LogP contribution in [0.4, 0.5) is 5.82 Å². The van der Waals surface area contributed by atoms with Gasteiger partial charge in [0, 0.05) is 24.1 Å². The van der Waals surface area contributed by atoms with Gasteiger partial charge in [-0.05, 0) is 53.8 Å². The van der Waals surface area contributed by atoms with Crippen LogP contribution in [0.5, 0.6) is 0 Å². The van der Waals surface area contributed by atoms with Crippen LogP contribution >= 0.6 is 23.1 Å². The van der Waals surface area contributed by atoms with Gasteiger partial charge in [0.05, 0.1) is 22.4 Å². The SMILES string of the molecule is Cc1ccccc1-n1nc(C(C)(C)C)c2c1N(CC(=O)N1CCCC1)C(=O)CS[C@@H]2c1ccsc1. The fourth-order valence-electron chi connectivity index (χ4n) is 4.93. The first-order chi connectivity index (χ1) is 16.8. The van der Waals surface area contributed by atoms with Gasteiger partial charge in [-0.1, -0.05) is 39.0 Å². The zero-order chi connectivity index (χ0) is 24.7. The van der Waals surface area contributed by atoms with Crippen LogP contribution in [0.3, 0.4) is 0 Å². The summed E-state index contributed by atoms with van der Waals surface area (Å²) in [5, 5.41) is 9.39. The number of anilines is 1. The minimum absolute atomic E-state index is 0.00984. The smallest absolute Gasteiger partial charge is 0.242 e. The van der Waals surface area contributed by atoms with Crippen molar-refractivity contribution in [1.82, 2.24) is 14.7 Å². The molecule has 8 heteroatoms. The van der Waals surface area contributed by atoms with Gasteiger partial charge in [0.25, 0.3) is 0 Å². The first kappa shape index (κ1) is 24.1. The lowest BCUT2D eigenvalue weighted by Gasteiger charge is -2.26. The third kappa shape index (κ3) is 4.54. The minimum atomic E-state index is -0.245. The normalized spacial score (nSPS) is 18.6. The van der Waals surface area contributed by atoms with E-state index in [9.17, 15) is 9.59 Å². The highest BCUT2D eigenvalue weighted by atomic mass is 32.2. The molecule has 0 aliphatic carbocycles. The molecular weight excluding hydrogens is 476 g/mol. The average molecular weight is 509 g/mol. The van der Waals surface area contributed by atoms with Gasteiger partial charge in [-0.2, -0.15) is 16.4 Å². The Morgan fingerprint density at radius 3 is 2.54 bits per heavy atom. The Labute approximate surface area is 215 Å². The monoisotopic (exact) mass is 508 g/mol. The number of hydrogen-bond donors (Lipinski definition) is 0. The molecule has 1 atom stereocenters.